The number of carbonyl (C=O) groups is 1. The molecule has 2 saturated carbocycles. The molecule has 34 heavy (non-hydrogen) atoms. The molecule has 3 aliphatic rings. The zero-order chi connectivity index (χ0) is 23.9. The molecule has 2 fully saturated rings. The summed E-state index contributed by atoms with van der Waals surface area (Å²) < 4.78 is 31.9. The van der Waals surface area contributed by atoms with Gasteiger partial charge in [-0.15, -0.1) is 6.58 Å². The molecule has 2 aliphatic carbocycles. The molecule has 2 aromatic rings. The minimum absolute atomic E-state index is 0.0108. The fourth-order valence-corrected chi connectivity index (χ4v) is 4.73. The topological polar surface area (TPSA) is 41.6 Å². The molecule has 1 aliphatic heterocycles. The second kappa shape index (κ2) is 9.14. The van der Waals surface area contributed by atoms with E-state index in [1.807, 2.05) is 31.2 Å². The van der Waals surface area contributed by atoms with E-state index in [2.05, 4.69) is 41.1 Å². The normalized spacial score (nSPS) is 24.1. The van der Waals surface area contributed by atoms with E-state index in [1.54, 1.807) is 0 Å². The molecule has 6 heteroatoms. The summed E-state index contributed by atoms with van der Waals surface area (Å²) in [5.74, 6) is -2.02. The summed E-state index contributed by atoms with van der Waals surface area (Å²) in [5, 5.41) is 3.10. The number of nitrogens with one attached hydrogen (secondary N) is 1. The number of amides is 1. The maximum Gasteiger partial charge on any atom is 0.255 e. The highest BCUT2D eigenvalue weighted by Gasteiger charge is 2.57. The second-order valence-electron chi connectivity index (χ2n) is 10.1. The minimum atomic E-state index is -2.56. The van der Waals surface area contributed by atoms with Gasteiger partial charge in [-0.2, -0.15) is 0 Å². The number of rotatable bonds is 9. The Morgan fingerprint density at radius 2 is 2.00 bits per heavy atom. The van der Waals surface area contributed by atoms with Crippen LogP contribution in [0.2, 0.25) is 0 Å². The summed E-state index contributed by atoms with van der Waals surface area (Å²) in [5.41, 5.74) is 4.72. The van der Waals surface area contributed by atoms with E-state index in [0.717, 1.165) is 38.0 Å². The molecular weight excluding hydrogens is 434 g/mol. The Morgan fingerprint density at radius 3 is 2.65 bits per heavy atom. The molecule has 0 radical (unpaired) electrons. The Labute approximate surface area is 200 Å². The maximum absolute atomic E-state index is 13.1. The van der Waals surface area contributed by atoms with Gasteiger partial charge in [0, 0.05) is 37.9 Å². The van der Waals surface area contributed by atoms with Crippen molar-refractivity contribution < 1.29 is 18.3 Å². The van der Waals surface area contributed by atoms with Crippen molar-refractivity contribution in [3.05, 3.63) is 77.4 Å². The number of carbonyl (C=O) groups excluding carboxylic acids is 1. The molecule has 0 spiro atoms. The van der Waals surface area contributed by atoms with Crippen molar-refractivity contribution in [3.63, 3.8) is 0 Å². The highest BCUT2D eigenvalue weighted by atomic mass is 19.3. The van der Waals surface area contributed by atoms with Gasteiger partial charge in [-0.1, -0.05) is 36.4 Å². The van der Waals surface area contributed by atoms with E-state index in [9.17, 15) is 13.6 Å². The van der Waals surface area contributed by atoms with Gasteiger partial charge in [0.25, 0.3) is 5.92 Å². The van der Waals surface area contributed by atoms with Gasteiger partial charge in [0.15, 0.2) is 0 Å². The molecule has 4 nitrogen and oxygen atoms in total. The van der Waals surface area contributed by atoms with Crippen LogP contribution in [0.15, 0.2) is 55.1 Å². The lowest BCUT2D eigenvalue weighted by Crippen LogP contribution is -2.32. The second-order valence-corrected chi connectivity index (χ2v) is 10.1. The first-order valence-electron chi connectivity index (χ1n) is 12.2. The fraction of sp³-hybridized carbons (Fsp3) is 0.464. The SMILES string of the molecule is C=CC1CN(Cc2ccc([C@H](C)NC(=O)C3CC3)cc2)Cc2ccc(OCC3CC3(F)F)cc21. The number of benzene rings is 2. The summed E-state index contributed by atoms with van der Waals surface area (Å²) in [6.07, 6.45) is 3.90. The predicted octanol–water partition coefficient (Wildman–Crippen LogP) is 5.59. The van der Waals surface area contributed by atoms with Crippen molar-refractivity contribution in [2.24, 2.45) is 11.8 Å². The Kier molecular flexibility index (Phi) is 6.19. The van der Waals surface area contributed by atoms with Gasteiger partial charge in [0.05, 0.1) is 18.6 Å². The zero-order valence-corrected chi connectivity index (χ0v) is 19.6. The fourth-order valence-electron chi connectivity index (χ4n) is 4.73. The molecule has 0 bridgehead atoms. The molecule has 2 aromatic carbocycles. The van der Waals surface area contributed by atoms with Crippen molar-refractivity contribution in [2.45, 2.75) is 57.2 Å². The van der Waals surface area contributed by atoms with Crippen LogP contribution in [0.25, 0.3) is 0 Å². The van der Waals surface area contributed by atoms with E-state index in [4.69, 9.17) is 4.74 Å². The third-order valence-corrected chi connectivity index (χ3v) is 7.25. The number of hydrogen-bond acceptors (Lipinski definition) is 3. The van der Waals surface area contributed by atoms with Crippen molar-refractivity contribution in [1.82, 2.24) is 10.2 Å². The van der Waals surface area contributed by atoms with Crippen LogP contribution in [0.4, 0.5) is 8.78 Å². The molecule has 0 aromatic heterocycles. The van der Waals surface area contributed by atoms with Crippen molar-refractivity contribution in [3.8, 4) is 5.75 Å². The Balaban J connectivity index is 1.19. The molecule has 0 saturated heterocycles. The van der Waals surface area contributed by atoms with Gasteiger partial charge in [-0.05, 0) is 54.2 Å². The highest BCUT2D eigenvalue weighted by molar-refractivity contribution is 5.81. The summed E-state index contributed by atoms with van der Waals surface area (Å²) in [7, 11) is 0. The van der Waals surface area contributed by atoms with Crippen LogP contribution in [-0.2, 0) is 17.9 Å². The van der Waals surface area contributed by atoms with Crippen molar-refractivity contribution >= 4 is 5.91 Å². The lowest BCUT2D eigenvalue weighted by atomic mass is 9.89. The van der Waals surface area contributed by atoms with Crippen molar-refractivity contribution in [1.29, 1.82) is 0 Å². The predicted molar refractivity (Wildman–Crippen MR) is 128 cm³/mol. The molecule has 180 valence electrons. The average Bonchev–Trinajstić information content (AvgIpc) is 3.75. The molecule has 2 unspecified atom stereocenters. The number of nitrogens with zero attached hydrogens (tertiary/aromatic N) is 1. The summed E-state index contributed by atoms with van der Waals surface area (Å²) in [6, 6.07) is 14.4. The van der Waals surface area contributed by atoms with Gasteiger partial charge in [0.2, 0.25) is 5.91 Å². The Morgan fingerprint density at radius 1 is 1.26 bits per heavy atom. The van der Waals surface area contributed by atoms with Gasteiger partial charge >= 0.3 is 0 Å². The number of halogens is 2. The molecular formula is C28H32F2N2O2. The number of alkyl halides is 2. The van der Waals surface area contributed by atoms with E-state index in [0.29, 0.717) is 5.75 Å². The van der Waals surface area contributed by atoms with Crippen LogP contribution < -0.4 is 10.1 Å². The van der Waals surface area contributed by atoms with Crippen molar-refractivity contribution in [2.75, 3.05) is 13.2 Å². The van der Waals surface area contributed by atoms with Crippen LogP contribution >= 0.6 is 0 Å². The third kappa shape index (κ3) is 5.17. The summed E-state index contributed by atoms with van der Waals surface area (Å²) >= 11 is 0. The van der Waals surface area contributed by atoms with Crippen LogP contribution in [-0.4, -0.2) is 29.9 Å². The van der Waals surface area contributed by atoms with Crippen LogP contribution in [0.3, 0.4) is 0 Å². The van der Waals surface area contributed by atoms with Gasteiger partial charge in [-0.3, -0.25) is 9.69 Å². The van der Waals surface area contributed by atoms with Gasteiger partial charge in [0.1, 0.15) is 5.75 Å². The average molecular weight is 467 g/mol. The Hall–Kier alpha value is -2.73. The molecule has 5 rings (SSSR count). The number of fused-ring (bicyclic) bond motifs is 1. The van der Waals surface area contributed by atoms with Crippen LogP contribution in [0.5, 0.6) is 5.75 Å². The third-order valence-electron chi connectivity index (χ3n) is 7.25. The lowest BCUT2D eigenvalue weighted by Gasteiger charge is -2.33. The highest BCUT2D eigenvalue weighted by Crippen LogP contribution is 2.48. The number of hydrogen-bond donors (Lipinski definition) is 1. The minimum Gasteiger partial charge on any atom is -0.493 e. The summed E-state index contributed by atoms with van der Waals surface area (Å²) in [4.78, 5) is 14.4. The quantitative estimate of drug-likeness (QED) is 0.490. The maximum atomic E-state index is 13.1. The molecule has 1 amide bonds. The van der Waals surface area contributed by atoms with E-state index in [-0.39, 0.29) is 36.8 Å². The van der Waals surface area contributed by atoms with Crippen LogP contribution in [0, 0.1) is 11.8 Å². The molecule has 1 heterocycles. The van der Waals surface area contributed by atoms with E-state index in [1.165, 1.54) is 16.7 Å². The zero-order valence-electron chi connectivity index (χ0n) is 19.6. The van der Waals surface area contributed by atoms with E-state index < -0.39 is 11.8 Å². The Bertz CT molecular complexity index is 1060. The number of ether oxygens (including phenoxy) is 1. The molecule has 1 N–H and O–H groups in total. The van der Waals surface area contributed by atoms with E-state index >= 15 is 0 Å². The first kappa shape index (κ1) is 23.0. The smallest absolute Gasteiger partial charge is 0.255 e. The monoisotopic (exact) mass is 466 g/mol. The molecule has 3 atom stereocenters. The lowest BCUT2D eigenvalue weighted by molar-refractivity contribution is -0.122. The first-order chi connectivity index (χ1) is 16.3. The van der Waals surface area contributed by atoms with Gasteiger partial charge in [-0.25, -0.2) is 8.78 Å². The van der Waals surface area contributed by atoms with Crippen LogP contribution in [0.1, 0.15) is 60.4 Å². The largest absolute Gasteiger partial charge is 0.493 e. The first-order valence-corrected chi connectivity index (χ1v) is 12.2. The summed E-state index contributed by atoms with van der Waals surface area (Å²) in [6.45, 7) is 8.60. The standard InChI is InChI=1S/C28H32F2N2O2/c1-3-20-15-32(14-19-4-6-21(7-5-19)18(2)31-27(33)22-8-9-22)16-23-10-11-25(12-26(20)23)34-17-24-13-28(24,29)30/h3-7,10-12,18,20,22,24H,1,8-9,13-17H2,2H3,(H,31,33)/t18-,20?,24?/m0/s1. The van der Waals surface area contributed by atoms with Gasteiger partial charge < -0.3 is 10.1 Å².